The van der Waals surface area contributed by atoms with E-state index in [1.165, 1.54) is 0 Å². The third-order valence-electron chi connectivity index (χ3n) is 3.85. The van der Waals surface area contributed by atoms with Gasteiger partial charge in [-0.1, -0.05) is 28.5 Å². The van der Waals surface area contributed by atoms with Crippen LogP contribution in [0.2, 0.25) is 0 Å². The third-order valence-corrected chi connectivity index (χ3v) is 6.33. The van der Waals surface area contributed by atoms with Crippen molar-refractivity contribution in [2.24, 2.45) is 0 Å². The normalized spacial score (nSPS) is 12.3. The minimum Gasteiger partial charge on any atom is -0.481 e. The molecule has 182 valence electrons. The van der Waals surface area contributed by atoms with E-state index in [9.17, 15) is 28.8 Å². The number of hydrogen-bond acceptors (Lipinski definition) is 8. The number of carbonyl (C=O) groups is 6. The molecule has 2 unspecified atom stereocenters. The summed E-state index contributed by atoms with van der Waals surface area (Å²) in [6.45, 7) is 2.45. The van der Waals surface area contributed by atoms with E-state index in [1.54, 1.807) is 21.6 Å². The fourth-order valence-electron chi connectivity index (χ4n) is 2.29. The summed E-state index contributed by atoms with van der Waals surface area (Å²) in [6, 6.07) is -2.87. The van der Waals surface area contributed by atoms with Gasteiger partial charge in [0.15, 0.2) is 0 Å². The molecule has 3 amide bonds. The van der Waals surface area contributed by atoms with Crippen molar-refractivity contribution in [3.63, 3.8) is 0 Å². The zero-order valence-electron chi connectivity index (χ0n) is 17.6. The average molecular weight is 496 g/mol. The van der Waals surface area contributed by atoms with Gasteiger partial charge in [-0.25, -0.2) is 4.79 Å². The summed E-state index contributed by atoms with van der Waals surface area (Å²) < 4.78 is 0. The highest BCUT2D eigenvalue weighted by Gasteiger charge is 2.27. The second-order valence-corrected chi connectivity index (χ2v) is 9.33. The van der Waals surface area contributed by atoms with E-state index in [-0.39, 0.29) is 31.6 Å². The van der Waals surface area contributed by atoms with Gasteiger partial charge in [-0.15, -0.1) is 0 Å². The molecule has 0 aromatic carbocycles. The minimum atomic E-state index is -1.52. The first kappa shape index (κ1) is 29.5. The second-order valence-electron chi connectivity index (χ2n) is 6.46. The number of nitrogens with one attached hydrogen (secondary N) is 3. The molecule has 2 atom stereocenters. The quantitative estimate of drug-likeness (QED) is 0.111. The van der Waals surface area contributed by atoms with Gasteiger partial charge in [-0.05, 0) is 12.8 Å². The molecule has 14 heteroatoms. The van der Waals surface area contributed by atoms with Crippen LogP contribution in [0.4, 0.5) is 0 Å². The Morgan fingerprint density at radius 1 is 0.750 bits per heavy atom. The highest BCUT2D eigenvalue weighted by molar-refractivity contribution is 8.76. The van der Waals surface area contributed by atoms with E-state index < -0.39 is 54.6 Å². The maximum absolute atomic E-state index is 12.4. The SMILES string of the molecule is CCSSCCNC(=O)CCC(=O)NC(CCC(=O)O)C(=O)NC(CCC(=O)O)C(=O)O. The Hall–Kier alpha value is -2.48. The van der Waals surface area contributed by atoms with Crippen molar-refractivity contribution < 1.29 is 44.1 Å². The second kappa shape index (κ2) is 17.1. The summed E-state index contributed by atoms with van der Waals surface area (Å²) in [4.78, 5) is 69.1. The minimum absolute atomic E-state index is 0.138. The zero-order valence-corrected chi connectivity index (χ0v) is 19.3. The number of carboxylic acid groups (broad SMARTS) is 3. The van der Waals surface area contributed by atoms with E-state index in [2.05, 4.69) is 16.0 Å². The molecule has 0 saturated heterocycles. The summed E-state index contributed by atoms with van der Waals surface area (Å²) in [5.74, 6) is -4.27. The van der Waals surface area contributed by atoms with Crippen molar-refractivity contribution in [1.29, 1.82) is 0 Å². The van der Waals surface area contributed by atoms with Crippen molar-refractivity contribution >= 4 is 57.2 Å². The number of aliphatic carboxylic acids is 3. The van der Waals surface area contributed by atoms with Crippen LogP contribution >= 0.6 is 21.6 Å². The lowest BCUT2D eigenvalue weighted by Crippen LogP contribution is -2.52. The van der Waals surface area contributed by atoms with Crippen LogP contribution in [0.15, 0.2) is 0 Å². The van der Waals surface area contributed by atoms with Gasteiger partial charge in [0.05, 0.1) is 0 Å². The molecule has 32 heavy (non-hydrogen) atoms. The van der Waals surface area contributed by atoms with Gasteiger partial charge in [0.1, 0.15) is 12.1 Å². The summed E-state index contributed by atoms with van der Waals surface area (Å²) in [7, 11) is 3.27. The number of hydrogen-bond donors (Lipinski definition) is 6. The summed E-state index contributed by atoms with van der Waals surface area (Å²) >= 11 is 0. The van der Waals surface area contributed by atoms with Gasteiger partial charge in [-0.2, -0.15) is 0 Å². The van der Waals surface area contributed by atoms with E-state index in [4.69, 9.17) is 15.3 Å². The molecule has 0 fully saturated rings. The molecule has 0 bridgehead atoms. The first-order chi connectivity index (χ1) is 15.1. The monoisotopic (exact) mass is 495 g/mol. The first-order valence-corrected chi connectivity index (χ1v) is 12.3. The van der Waals surface area contributed by atoms with Crippen molar-refractivity contribution in [3.05, 3.63) is 0 Å². The molecule has 0 spiro atoms. The third kappa shape index (κ3) is 15.3. The molecule has 0 saturated carbocycles. The van der Waals surface area contributed by atoms with E-state index in [0.29, 0.717) is 12.3 Å². The number of rotatable bonds is 18. The van der Waals surface area contributed by atoms with Crippen LogP contribution in [-0.4, -0.2) is 81.1 Å². The Morgan fingerprint density at radius 3 is 1.84 bits per heavy atom. The van der Waals surface area contributed by atoms with Crippen LogP contribution in [0.3, 0.4) is 0 Å². The van der Waals surface area contributed by atoms with Gasteiger partial charge in [0.2, 0.25) is 17.7 Å². The van der Waals surface area contributed by atoms with Gasteiger partial charge in [0, 0.05) is 43.7 Å². The average Bonchev–Trinajstić information content (AvgIpc) is 2.71. The number of carboxylic acids is 3. The van der Waals surface area contributed by atoms with Crippen LogP contribution in [0.1, 0.15) is 45.4 Å². The maximum atomic E-state index is 12.4. The summed E-state index contributed by atoms with van der Waals surface area (Å²) in [5, 5.41) is 33.8. The maximum Gasteiger partial charge on any atom is 0.326 e. The topological polar surface area (TPSA) is 199 Å². The van der Waals surface area contributed by atoms with Crippen molar-refractivity contribution in [1.82, 2.24) is 16.0 Å². The van der Waals surface area contributed by atoms with Gasteiger partial charge >= 0.3 is 17.9 Å². The summed E-state index contributed by atoms with van der Waals surface area (Å²) in [5.41, 5.74) is 0. The Kier molecular flexibility index (Phi) is 15.8. The fourth-order valence-corrected chi connectivity index (χ4v) is 3.86. The first-order valence-electron chi connectivity index (χ1n) is 9.84. The molecular weight excluding hydrogens is 466 g/mol. The smallest absolute Gasteiger partial charge is 0.326 e. The Labute approximate surface area is 193 Å². The predicted octanol–water partition coefficient (Wildman–Crippen LogP) is 0.0679. The lowest BCUT2D eigenvalue weighted by Gasteiger charge is -2.21. The molecule has 0 aromatic rings. The number of amides is 3. The molecule has 0 radical (unpaired) electrons. The number of carbonyl (C=O) groups excluding carboxylic acids is 3. The molecule has 0 heterocycles. The van der Waals surface area contributed by atoms with Gasteiger partial charge in [0.25, 0.3) is 0 Å². The molecule has 0 rings (SSSR count). The Bertz CT molecular complexity index is 676. The van der Waals surface area contributed by atoms with Crippen LogP contribution < -0.4 is 16.0 Å². The predicted molar refractivity (Wildman–Crippen MR) is 118 cm³/mol. The standard InChI is InChI=1S/C18H29N3O9S2/c1-2-31-32-10-9-19-13(22)5-6-14(23)20-11(3-7-15(24)25)17(28)21-12(18(29)30)4-8-16(26)27/h11-12H,2-10H2,1H3,(H,19,22)(H,20,23)(H,21,28)(H,24,25)(H,26,27)(H,29,30). The molecule has 0 aliphatic rings. The lowest BCUT2D eigenvalue weighted by atomic mass is 10.1. The molecule has 0 aliphatic carbocycles. The highest BCUT2D eigenvalue weighted by Crippen LogP contribution is 2.18. The van der Waals surface area contributed by atoms with E-state index in [1.807, 2.05) is 6.92 Å². The van der Waals surface area contributed by atoms with E-state index >= 15 is 0 Å². The summed E-state index contributed by atoms with van der Waals surface area (Å²) in [6.07, 6.45) is -2.06. The van der Waals surface area contributed by atoms with Crippen molar-refractivity contribution in [2.75, 3.05) is 18.1 Å². The van der Waals surface area contributed by atoms with Crippen molar-refractivity contribution in [3.8, 4) is 0 Å². The molecular formula is C18H29N3O9S2. The van der Waals surface area contributed by atoms with Crippen LogP contribution in [0, 0.1) is 0 Å². The van der Waals surface area contributed by atoms with E-state index in [0.717, 1.165) is 5.75 Å². The largest absolute Gasteiger partial charge is 0.481 e. The Morgan fingerprint density at radius 2 is 1.31 bits per heavy atom. The highest BCUT2D eigenvalue weighted by atomic mass is 33.1. The van der Waals surface area contributed by atoms with Gasteiger partial charge in [-0.3, -0.25) is 24.0 Å². The van der Waals surface area contributed by atoms with Crippen LogP contribution in [-0.2, 0) is 28.8 Å². The molecule has 0 aromatic heterocycles. The van der Waals surface area contributed by atoms with Crippen LogP contribution in [0.5, 0.6) is 0 Å². The fraction of sp³-hybridized carbons (Fsp3) is 0.667. The zero-order chi connectivity index (χ0) is 24.5. The molecule has 6 N–H and O–H groups in total. The van der Waals surface area contributed by atoms with Crippen LogP contribution in [0.25, 0.3) is 0 Å². The molecule has 0 aliphatic heterocycles. The van der Waals surface area contributed by atoms with Crippen molar-refractivity contribution in [2.45, 2.75) is 57.5 Å². The lowest BCUT2D eigenvalue weighted by molar-refractivity contribution is -0.144. The Balaban J connectivity index is 4.75. The van der Waals surface area contributed by atoms with Gasteiger partial charge < -0.3 is 31.3 Å². The molecule has 12 nitrogen and oxygen atoms in total.